The molecule has 1 aromatic heterocycles. The van der Waals surface area contributed by atoms with E-state index in [0.717, 1.165) is 0 Å². The second-order valence-corrected chi connectivity index (χ2v) is 5.36. The van der Waals surface area contributed by atoms with Gasteiger partial charge in [0, 0.05) is 11.6 Å². The van der Waals surface area contributed by atoms with Gasteiger partial charge in [-0.05, 0) is 32.0 Å². The number of hydrogen-bond acceptors (Lipinski definition) is 2. The molecule has 0 aliphatic carbocycles. The molecule has 1 amide bonds. The van der Waals surface area contributed by atoms with Gasteiger partial charge in [0.2, 0.25) is 0 Å². The maximum absolute atomic E-state index is 12.3. The van der Waals surface area contributed by atoms with Crippen molar-refractivity contribution in [1.82, 2.24) is 9.78 Å². The highest BCUT2D eigenvalue weighted by Crippen LogP contribution is 2.27. The third kappa shape index (κ3) is 2.92. The molecule has 20 heavy (non-hydrogen) atoms. The molecule has 1 N–H and O–H groups in total. The fourth-order valence-corrected chi connectivity index (χ4v) is 2.34. The summed E-state index contributed by atoms with van der Waals surface area (Å²) in [6.45, 7) is 4.17. The minimum atomic E-state index is -0.374. The van der Waals surface area contributed by atoms with Crippen LogP contribution in [0.25, 0.3) is 0 Å². The Morgan fingerprint density at radius 2 is 2.05 bits per heavy atom. The first-order valence-electron chi connectivity index (χ1n) is 5.93. The Morgan fingerprint density at radius 1 is 1.35 bits per heavy atom. The van der Waals surface area contributed by atoms with E-state index in [2.05, 4.69) is 10.4 Å². The van der Waals surface area contributed by atoms with Crippen LogP contribution in [-0.2, 0) is 6.54 Å². The number of aromatic nitrogens is 2. The molecule has 0 saturated heterocycles. The fraction of sp³-hybridized carbons (Fsp3) is 0.231. The first kappa shape index (κ1) is 15.2. The molecule has 106 valence electrons. The number of carbonyl (C=O) groups excluding carboxylic acids is 1. The summed E-state index contributed by atoms with van der Waals surface area (Å²) in [7, 11) is 0. The first-order chi connectivity index (χ1) is 9.43. The Kier molecular flexibility index (Phi) is 4.58. The summed E-state index contributed by atoms with van der Waals surface area (Å²) >= 11 is 18.0. The SMILES string of the molecule is CCn1nc(C)c(Cl)c1C(=O)Nc1cc(Cl)ccc1Cl. The molecule has 0 bridgehead atoms. The van der Waals surface area contributed by atoms with Gasteiger partial charge < -0.3 is 5.32 Å². The molecular formula is C13H12Cl3N3O. The Hall–Kier alpha value is -1.23. The molecule has 1 heterocycles. The average molecular weight is 333 g/mol. The van der Waals surface area contributed by atoms with Crippen LogP contribution in [0.2, 0.25) is 15.1 Å². The maximum Gasteiger partial charge on any atom is 0.275 e. The van der Waals surface area contributed by atoms with Crippen molar-refractivity contribution in [1.29, 1.82) is 0 Å². The highest BCUT2D eigenvalue weighted by atomic mass is 35.5. The average Bonchev–Trinajstić information content (AvgIpc) is 2.69. The summed E-state index contributed by atoms with van der Waals surface area (Å²) < 4.78 is 1.55. The predicted octanol–water partition coefficient (Wildman–Crippen LogP) is 4.42. The summed E-state index contributed by atoms with van der Waals surface area (Å²) in [5.74, 6) is -0.374. The monoisotopic (exact) mass is 331 g/mol. The lowest BCUT2D eigenvalue weighted by molar-refractivity contribution is 0.101. The lowest BCUT2D eigenvalue weighted by Gasteiger charge is -2.09. The molecule has 4 nitrogen and oxygen atoms in total. The van der Waals surface area contributed by atoms with Crippen LogP contribution < -0.4 is 5.32 Å². The van der Waals surface area contributed by atoms with Crippen molar-refractivity contribution in [2.75, 3.05) is 5.32 Å². The summed E-state index contributed by atoms with van der Waals surface area (Å²) in [4.78, 5) is 12.3. The van der Waals surface area contributed by atoms with Crippen LogP contribution in [0.4, 0.5) is 5.69 Å². The lowest BCUT2D eigenvalue weighted by atomic mass is 10.3. The molecule has 0 aliphatic heterocycles. The molecule has 0 spiro atoms. The van der Waals surface area contributed by atoms with Crippen LogP contribution in [0.3, 0.4) is 0 Å². The molecular weight excluding hydrogens is 321 g/mol. The van der Waals surface area contributed by atoms with Crippen LogP contribution in [0.5, 0.6) is 0 Å². The lowest BCUT2D eigenvalue weighted by Crippen LogP contribution is -2.18. The number of benzene rings is 1. The van der Waals surface area contributed by atoms with Crippen LogP contribution in [0.15, 0.2) is 18.2 Å². The van der Waals surface area contributed by atoms with Crippen molar-refractivity contribution in [2.24, 2.45) is 0 Å². The Labute approximate surface area is 131 Å². The maximum atomic E-state index is 12.3. The molecule has 1 aromatic carbocycles. The van der Waals surface area contributed by atoms with Gasteiger partial charge in [0.15, 0.2) is 0 Å². The number of amides is 1. The minimum Gasteiger partial charge on any atom is -0.319 e. The molecule has 7 heteroatoms. The summed E-state index contributed by atoms with van der Waals surface area (Å²) in [5, 5.41) is 8.11. The van der Waals surface area contributed by atoms with Gasteiger partial charge in [0.1, 0.15) is 5.69 Å². The van der Waals surface area contributed by atoms with Crippen LogP contribution in [0, 0.1) is 6.92 Å². The fourth-order valence-electron chi connectivity index (χ4n) is 1.78. The van der Waals surface area contributed by atoms with Crippen LogP contribution >= 0.6 is 34.8 Å². The second-order valence-electron chi connectivity index (χ2n) is 4.14. The molecule has 0 saturated carbocycles. The summed E-state index contributed by atoms with van der Waals surface area (Å²) in [6.07, 6.45) is 0. The van der Waals surface area contributed by atoms with Crippen molar-refractivity contribution in [3.63, 3.8) is 0 Å². The number of nitrogens with one attached hydrogen (secondary N) is 1. The van der Waals surface area contributed by atoms with E-state index in [4.69, 9.17) is 34.8 Å². The van der Waals surface area contributed by atoms with Gasteiger partial charge in [-0.15, -0.1) is 0 Å². The normalized spacial score (nSPS) is 10.7. The standard InChI is InChI=1S/C13H12Cl3N3O/c1-3-19-12(11(16)7(2)18-19)13(20)17-10-6-8(14)4-5-9(10)15/h4-6H,3H2,1-2H3,(H,17,20). The number of nitrogens with zero attached hydrogens (tertiary/aromatic N) is 2. The molecule has 0 unspecified atom stereocenters. The van der Waals surface area contributed by atoms with Gasteiger partial charge in [0.05, 0.1) is 21.4 Å². The topological polar surface area (TPSA) is 46.9 Å². The van der Waals surface area contributed by atoms with Crippen molar-refractivity contribution in [3.05, 3.63) is 44.7 Å². The molecule has 2 aromatic rings. The molecule has 0 aliphatic rings. The zero-order chi connectivity index (χ0) is 14.9. The van der Waals surface area contributed by atoms with Gasteiger partial charge >= 0.3 is 0 Å². The van der Waals surface area contributed by atoms with E-state index in [-0.39, 0.29) is 5.91 Å². The quantitative estimate of drug-likeness (QED) is 0.904. The number of rotatable bonds is 3. The van der Waals surface area contributed by atoms with Crippen LogP contribution in [0.1, 0.15) is 23.1 Å². The molecule has 0 fully saturated rings. The minimum absolute atomic E-state index is 0.308. The number of hydrogen-bond donors (Lipinski definition) is 1. The summed E-state index contributed by atoms with van der Waals surface area (Å²) in [5.41, 5.74) is 1.35. The third-order valence-electron chi connectivity index (χ3n) is 2.75. The van der Waals surface area contributed by atoms with E-state index < -0.39 is 0 Å². The first-order valence-corrected chi connectivity index (χ1v) is 7.06. The van der Waals surface area contributed by atoms with E-state index >= 15 is 0 Å². The largest absolute Gasteiger partial charge is 0.319 e. The van der Waals surface area contributed by atoms with E-state index in [9.17, 15) is 4.79 Å². The van der Waals surface area contributed by atoms with Crippen molar-refractivity contribution in [2.45, 2.75) is 20.4 Å². The highest BCUT2D eigenvalue weighted by Gasteiger charge is 2.20. The predicted molar refractivity (Wildman–Crippen MR) is 82.1 cm³/mol. The van der Waals surface area contributed by atoms with Gasteiger partial charge in [0.25, 0.3) is 5.91 Å². The van der Waals surface area contributed by atoms with Gasteiger partial charge in [-0.1, -0.05) is 34.8 Å². The van der Waals surface area contributed by atoms with Crippen LogP contribution in [-0.4, -0.2) is 15.7 Å². The molecule has 0 radical (unpaired) electrons. The Bertz CT molecular complexity index is 667. The third-order valence-corrected chi connectivity index (χ3v) is 3.76. The second kappa shape index (κ2) is 6.04. The molecule has 2 rings (SSSR count). The Morgan fingerprint density at radius 3 is 2.70 bits per heavy atom. The van der Waals surface area contributed by atoms with Crippen molar-refractivity contribution < 1.29 is 4.79 Å². The Balaban J connectivity index is 2.35. The smallest absolute Gasteiger partial charge is 0.275 e. The van der Waals surface area contributed by atoms with Crippen molar-refractivity contribution >= 4 is 46.4 Å². The van der Waals surface area contributed by atoms with Gasteiger partial charge in [-0.2, -0.15) is 5.10 Å². The van der Waals surface area contributed by atoms with E-state index in [1.165, 1.54) is 0 Å². The van der Waals surface area contributed by atoms with Gasteiger partial charge in [-0.3, -0.25) is 9.48 Å². The highest BCUT2D eigenvalue weighted by molar-refractivity contribution is 6.37. The molecule has 0 atom stereocenters. The zero-order valence-corrected chi connectivity index (χ0v) is 13.1. The zero-order valence-electron chi connectivity index (χ0n) is 10.9. The van der Waals surface area contributed by atoms with E-state index in [1.807, 2.05) is 6.92 Å². The van der Waals surface area contributed by atoms with E-state index in [1.54, 1.807) is 29.8 Å². The number of carbonyl (C=O) groups is 1. The van der Waals surface area contributed by atoms with Crippen molar-refractivity contribution in [3.8, 4) is 0 Å². The van der Waals surface area contributed by atoms with Gasteiger partial charge in [-0.25, -0.2) is 0 Å². The number of halogens is 3. The van der Waals surface area contributed by atoms with E-state index in [0.29, 0.717) is 38.7 Å². The number of anilines is 1. The number of aryl methyl sites for hydroxylation is 2. The summed E-state index contributed by atoms with van der Waals surface area (Å²) in [6, 6.07) is 4.84.